The molecule has 1 aliphatic carbocycles. The highest BCUT2D eigenvalue weighted by molar-refractivity contribution is 9.10. The van der Waals surface area contributed by atoms with E-state index in [1.54, 1.807) is 12.1 Å². The lowest BCUT2D eigenvalue weighted by atomic mass is 10.1. The molecule has 0 spiro atoms. The smallest absolute Gasteiger partial charge is 0.177 e. The van der Waals surface area contributed by atoms with Gasteiger partial charge in [0.1, 0.15) is 5.82 Å². The average molecular weight is 229 g/mol. The lowest BCUT2D eigenvalue weighted by Gasteiger charge is -1.96. The molecule has 0 heterocycles. The molecule has 1 aromatic rings. The molecule has 0 aliphatic heterocycles. The molecule has 1 aromatic carbocycles. The average Bonchev–Trinajstić information content (AvgIpc) is 2.32. The van der Waals surface area contributed by atoms with Crippen LogP contribution in [0.3, 0.4) is 0 Å². The third-order valence-corrected chi connectivity index (χ3v) is 2.79. The van der Waals surface area contributed by atoms with Crippen molar-refractivity contribution in [2.75, 3.05) is 0 Å². The standard InChI is InChI=1S/C9H6BrFO/c10-7-4-6-5(9(7)12)2-1-3-8(6)11/h1-3,7H,4H2. The summed E-state index contributed by atoms with van der Waals surface area (Å²) in [4.78, 5) is 11.1. The predicted molar refractivity (Wildman–Crippen MR) is 47.1 cm³/mol. The van der Waals surface area contributed by atoms with Gasteiger partial charge in [0.15, 0.2) is 5.78 Å². The van der Waals surface area contributed by atoms with Crippen LogP contribution in [0.4, 0.5) is 4.39 Å². The van der Waals surface area contributed by atoms with Gasteiger partial charge in [-0.1, -0.05) is 28.1 Å². The molecule has 12 heavy (non-hydrogen) atoms. The summed E-state index contributed by atoms with van der Waals surface area (Å²) in [6, 6.07) is 4.62. The van der Waals surface area contributed by atoms with Crippen LogP contribution in [0, 0.1) is 5.82 Å². The van der Waals surface area contributed by atoms with Gasteiger partial charge in [-0.2, -0.15) is 0 Å². The van der Waals surface area contributed by atoms with Gasteiger partial charge in [0.25, 0.3) is 0 Å². The molecular weight excluding hydrogens is 223 g/mol. The zero-order valence-electron chi connectivity index (χ0n) is 6.18. The fourth-order valence-electron chi connectivity index (χ4n) is 1.44. The summed E-state index contributed by atoms with van der Waals surface area (Å²) in [6.07, 6.45) is 0.473. The normalized spacial score (nSPS) is 21.2. The van der Waals surface area contributed by atoms with Gasteiger partial charge in [-0.05, 0) is 12.5 Å². The maximum atomic E-state index is 13.1. The minimum Gasteiger partial charge on any atom is -0.293 e. The molecule has 1 atom stereocenters. The van der Waals surface area contributed by atoms with Crippen LogP contribution >= 0.6 is 15.9 Å². The molecule has 62 valence electrons. The Morgan fingerprint density at radius 3 is 2.92 bits per heavy atom. The maximum absolute atomic E-state index is 13.1. The van der Waals surface area contributed by atoms with Crippen molar-refractivity contribution in [3.63, 3.8) is 0 Å². The summed E-state index contributed by atoms with van der Waals surface area (Å²) < 4.78 is 13.1. The predicted octanol–water partition coefficient (Wildman–Crippen LogP) is 2.33. The van der Waals surface area contributed by atoms with Crippen LogP contribution in [-0.2, 0) is 6.42 Å². The third-order valence-electron chi connectivity index (χ3n) is 2.05. The second-order valence-electron chi connectivity index (χ2n) is 2.80. The molecule has 0 amide bonds. The van der Waals surface area contributed by atoms with E-state index in [4.69, 9.17) is 0 Å². The first-order valence-electron chi connectivity index (χ1n) is 3.66. The van der Waals surface area contributed by atoms with Crippen LogP contribution in [0.15, 0.2) is 18.2 Å². The minimum atomic E-state index is -0.275. The number of ketones is 1. The first-order chi connectivity index (χ1) is 5.70. The fourth-order valence-corrected chi connectivity index (χ4v) is 2.01. The number of halogens is 2. The van der Waals surface area contributed by atoms with Crippen LogP contribution < -0.4 is 0 Å². The molecule has 0 saturated heterocycles. The van der Waals surface area contributed by atoms with E-state index in [1.807, 2.05) is 0 Å². The Balaban J connectivity index is 2.61. The Morgan fingerprint density at radius 2 is 2.25 bits per heavy atom. The number of Topliss-reactive ketones (excluding diaryl/α,β-unsaturated/α-hetero) is 1. The number of alkyl halides is 1. The number of hydrogen-bond acceptors (Lipinski definition) is 1. The molecule has 0 fully saturated rings. The van der Waals surface area contributed by atoms with E-state index in [9.17, 15) is 9.18 Å². The van der Waals surface area contributed by atoms with E-state index in [-0.39, 0.29) is 16.4 Å². The summed E-state index contributed by atoms with van der Waals surface area (Å²) in [5.74, 6) is -0.285. The molecule has 2 rings (SSSR count). The van der Waals surface area contributed by atoms with E-state index in [1.165, 1.54) is 6.07 Å². The van der Waals surface area contributed by atoms with Crippen LogP contribution in [0.2, 0.25) is 0 Å². The van der Waals surface area contributed by atoms with E-state index >= 15 is 0 Å². The van der Waals surface area contributed by atoms with Gasteiger partial charge >= 0.3 is 0 Å². The van der Waals surface area contributed by atoms with Crippen molar-refractivity contribution < 1.29 is 9.18 Å². The van der Waals surface area contributed by atoms with E-state index < -0.39 is 0 Å². The highest BCUT2D eigenvalue weighted by atomic mass is 79.9. The number of rotatable bonds is 0. The molecule has 1 nitrogen and oxygen atoms in total. The summed E-state index contributed by atoms with van der Waals surface area (Å²) in [5.41, 5.74) is 1.07. The molecule has 1 unspecified atom stereocenters. The molecule has 0 bridgehead atoms. The van der Waals surface area contributed by atoms with Crippen molar-refractivity contribution in [2.24, 2.45) is 0 Å². The molecule has 0 aromatic heterocycles. The first-order valence-corrected chi connectivity index (χ1v) is 4.57. The van der Waals surface area contributed by atoms with Gasteiger partial charge in [0, 0.05) is 11.1 Å². The van der Waals surface area contributed by atoms with Gasteiger partial charge in [0.2, 0.25) is 0 Å². The van der Waals surface area contributed by atoms with Crippen LogP contribution in [-0.4, -0.2) is 10.6 Å². The lowest BCUT2D eigenvalue weighted by molar-refractivity contribution is 0.100. The monoisotopic (exact) mass is 228 g/mol. The highest BCUT2D eigenvalue weighted by Gasteiger charge is 2.29. The SMILES string of the molecule is O=C1c2cccc(F)c2CC1Br. The molecular formula is C9H6BrFO. The molecule has 0 saturated carbocycles. The van der Waals surface area contributed by atoms with Gasteiger partial charge < -0.3 is 0 Å². The zero-order valence-corrected chi connectivity index (χ0v) is 7.77. The molecule has 0 N–H and O–H groups in total. The molecule has 1 aliphatic rings. The molecule has 3 heteroatoms. The van der Waals surface area contributed by atoms with Crippen LogP contribution in [0.5, 0.6) is 0 Å². The first kappa shape index (κ1) is 7.92. The molecule has 0 radical (unpaired) electrons. The Bertz CT molecular complexity index is 348. The number of hydrogen-bond donors (Lipinski definition) is 0. The second kappa shape index (κ2) is 2.66. The van der Waals surface area contributed by atoms with Crippen LogP contribution in [0.25, 0.3) is 0 Å². The topological polar surface area (TPSA) is 17.1 Å². The second-order valence-corrected chi connectivity index (χ2v) is 3.91. The van der Waals surface area contributed by atoms with Crippen molar-refractivity contribution in [2.45, 2.75) is 11.2 Å². The van der Waals surface area contributed by atoms with Gasteiger partial charge in [0.05, 0.1) is 4.83 Å². The number of fused-ring (bicyclic) bond motifs is 1. The van der Waals surface area contributed by atoms with Gasteiger partial charge in [-0.25, -0.2) is 4.39 Å². The van der Waals surface area contributed by atoms with Crippen molar-refractivity contribution in [1.29, 1.82) is 0 Å². The summed E-state index contributed by atoms with van der Waals surface area (Å²) in [5, 5.41) is 0. The Kier molecular flexibility index (Phi) is 1.76. The van der Waals surface area contributed by atoms with Crippen LogP contribution in [0.1, 0.15) is 15.9 Å². The minimum absolute atomic E-state index is 0.00972. The van der Waals surface area contributed by atoms with Crippen molar-refractivity contribution in [3.8, 4) is 0 Å². The highest BCUT2D eigenvalue weighted by Crippen LogP contribution is 2.28. The van der Waals surface area contributed by atoms with Gasteiger partial charge in [-0.3, -0.25) is 4.79 Å². The summed E-state index contributed by atoms with van der Waals surface area (Å²) in [7, 11) is 0. The summed E-state index contributed by atoms with van der Waals surface area (Å²) in [6.45, 7) is 0. The fraction of sp³-hybridized carbons (Fsp3) is 0.222. The number of benzene rings is 1. The van der Waals surface area contributed by atoms with Crippen molar-refractivity contribution in [1.82, 2.24) is 0 Å². The Labute approximate surface area is 77.7 Å². The zero-order chi connectivity index (χ0) is 8.72. The van der Waals surface area contributed by atoms with E-state index in [0.29, 0.717) is 17.5 Å². The third kappa shape index (κ3) is 1.00. The quantitative estimate of drug-likeness (QED) is 0.624. The van der Waals surface area contributed by atoms with E-state index in [2.05, 4.69) is 15.9 Å². The van der Waals surface area contributed by atoms with Gasteiger partial charge in [-0.15, -0.1) is 0 Å². The summed E-state index contributed by atoms with van der Waals surface area (Å²) >= 11 is 3.20. The Hall–Kier alpha value is -0.700. The van der Waals surface area contributed by atoms with E-state index in [0.717, 1.165) is 0 Å². The largest absolute Gasteiger partial charge is 0.293 e. The lowest BCUT2D eigenvalue weighted by Crippen LogP contribution is -2.05. The number of carbonyl (C=O) groups is 1. The number of carbonyl (C=O) groups excluding carboxylic acids is 1. The van der Waals surface area contributed by atoms with Crippen molar-refractivity contribution in [3.05, 3.63) is 35.1 Å². The Morgan fingerprint density at radius 1 is 1.50 bits per heavy atom. The van der Waals surface area contributed by atoms with Crippen molar-refractivity contribution >= 4 is 21.7 Å². The maximum Gasteiger partial charge on any atom is 0.177 e.